The van der Waals surface area contributed by atoms with Crippen LogP contribution in [-0.2, 0) is 14.3 Å². The number of Topliss-reactive ketones (excluding diaryl/α,β-unsaturated/α-hetero) is 1. The molecule has 3 heterocycles. The fourth-order valence-corrected chi connectivity index (χ4v) is 6.70. The second-order valence-electron chi connectivity index (χ2n) is 12.6. The van der Waals surface area contributed by atoms with E-state index in [1.165, 1.54) is 11.3 Å². The SMILES string of the molecule is C/C(=C\c1csc(C)n1)[C@@H]1CC2C(CCC[C@H](C)[C@H](O)[C@@H](C)C(=O)C(C)(C)[C@@H](O)CC(=O)O1)N2C(=O)c1ccccc1. The summed E-state index contributed by atoms with van der Waals surface area (Å²) < 4.78 is 6.00. The number of aliphatic hydroxyl groups is 2. The van der Waals surface area contributed by atoms with Crippen LogP contribution in [0.15, 0.2) is 41.3 Å². The first kappa shape index (κ1) is 32.0. The normalized spacial score (nSPS) is 31.3. The first-order valence-corrected chi connectivity index (χ1v) is 15.8. The smallest absolute Gasteiger partial charge is 0.309 e. The average Bonchev–Trinajstić information content (AvgIpc) is 3.47. The summed E-state index contributed by atoms with van der Waals surface area (Å²) in [5.74, 6) is -1.83. The summed E-state index contributed by atoms with van der Waals surface area (Å²) in [6, 6.07) is 9.00. The highest BCUT2D eigenvalue weighted by Gasteiger charge is 2.52. The number of cyclic esters (lactones) is 1. The maximum Gasteiger partial charge on any atom is 0.309 e. The van der Waals surface area contributed by atoms with Crippen molar-refractivity contribution in [1.82, 2.24) is 9.88 Å². The molecule has 228 valence electrons. The Hall–Kier alpha value is -2.88. The van der Waals surface area contributed by atoms with Gasteiger partial charge in [-0.05, 0) is 56.4 Å². The summed E-state index contributed by atoms with van der Waals surface area (Å²) in [7, 11) is 0. The molecule has 2 aromatic rings. The predicted molar refractivity (Wildman–Crippen MR) is 163 cm³/mol. The zero-order valence-electron chi connectivity index (χ0n) is 25.4. The third-order valence-corrected chi connectivity index (χ3v) is 9.86. The molecule has 2 saturated heterocycles. The molecule has 2 unspecified atom stereocenters. The van der Waals surface area contributed by atoms with Crippen LogP contribution in [0.2, 0.25) is 0 Å². The number of carbonyl (C=O) groups excluding carboxylic acids is 3. The molecule has 1 aromatic heterocycles. The third kappa shape index (κ3) is 7.18. The fourth-order valence-electron chi connectivity index (χ4n) is 6.13. The highest BCUT2D eigenvalue weighted by molar-refractivity contribution is 7.09. The highest BCUT2D eigenvalue weighted by Crippen LogP contribution is 2.40. The van der Waals surface area contributed by atoms with Gasteiger partial charge in [-0.25, -0.2) is 4.98 Å². The number of aliphatic hydroxyl groups excluding tert-OH is 2. The van der Waals surface area contributed by atoms with Gasteiger partial charge in [0.1, 0.15) is 11.9 Å². The maximum absolute atomic E-state index is 13.5. The van der Waals surface area contributed by atoms with Crippen LogP contribution in [0.1, 0.15) is 87.8 Å². The minimum Gasteiger partial charge on any atom is -0.458 e. The Kier molecular flexibility index (Phi) is 10.1. The zero-order chi connectivity index (χ0) is 30.8. The molecule has 1 aromatic carbocycles. The van der Waals surface area contributed by atoms with Gasteiger partial charge in [0.05, 0.1) is 46.8 Å². The van der Waals surface area contributed by atoms with Gasteiger partial charge in [-0.2, -0.15) is 0 Å². The molecule has 2 N–H and O–H groups in total. The van der Waals surface area contributed by atoms with E-state index in [-0.39, 0.29) is 36.1 Å². The molecule has 0 bridgehead atoms. The number of thiazole rings is 1. The van der Waals surface area contributed by atoms with E-state index in [2.05, 4.69) is 4.98 Å². The monoisotopic (exact) mass is 596 g/mol. The Morgan fingerprint density at radius 1 is 1.12 bits per heavy atom. The number of nitrogens with zero attached hydrogens (tertiary/aromatic N) is 2. The van der Waals surface area contributed by atoms with Gasteiger partial charge in [0.15, 0.2) is 0 Å². The lowest BCUT2D eigenvalue weighted by Gasteiger charge is -2.34. The molecule has 9 heteroatoms. The summed E-state index contributed by atoms with van der Waals surface area (Å²) in [4.78, 5) is 46.6. The topological polar surface area (TPSA) is 117 Å². The van der Waals surface area contributed by atoms with Crippen LogP contribution in [-0.4, -0.2) is 68.2 Å². The first-order valence-electron chi connectivity index (χ1n) is 14.9. The van der Waals surface area contributed by atoms with E-state index in [1.54, 1.807) is 32.9 Å². The number of esters is 1. The van der Waals surface area contributed by atoms with Gasteiger partial charge in [-0.1, -0.05) is 52.3 Å². The van der Waals surface area contributed by atoms with Crippen LogP contribution in [0.4, 0.5) is 0 Å². The molecule has 2 aliphatic heterocycles. The molecular formula is C33H44N2O6S. The molecule has 0 radical (unpaired) electrons. The molecule has 0 saturated carbocycles. The number of aromatic nitrogens is 1. The molecule has 2 fully saturated rings. The minimum absolute atomic E-state index is 0.0333. The van der Waals surface area contributed by atoms with Crippen molar-refractivity contribution in [2.75, 3.05) is 0 Å². The van der Waals surface area contributed by atoms with Crippen LogP contribution in [0.25, 0.3) is 6.08 Å². The Bertz CT molecular complexity index is 1300. The molecule has 0 aliphatic carbocycles. The molecule has 0 spiro atoms. The van der Waals surface area contributed by atoms with Crippen molar-refractivity contribution >= 4 is 35.1 Å². The zero-order valence-corrected chi connectivity index (χ0v) is 26.3. The number of rotatable bonds is 3. The molecule has 1 amide bonds. The van der Waals surface area contributed by atoms with E-state index in [4.69, 9.17) is 4.74 Å². The lowest BCUT2D eigenvalue weighted by molar-refractivity contribution is -0.154. The molecule has 42 heavy (non-hydrogen) atoms. The summed E-state index contributed by atoms with van der Waals surface area (Å²) in [6.07, 6.45) is 1.33. The fraction of sp³-hybridized carbons (Fsp3) is 0.576. The number of amides is 1. The van der Waals surface area contributed by atoms with Crippen molar-refractivity contribution in [3.8, 4) is 0 Å². The van der Waals surface area contributed by atoms with Crippen molar-refractivity contribution < 1.29 is 29.3 Å². The molecule has 7 atom stereocenters. The van der Waals surface area contributed by atoms with E-state index in [9.17, 15) is 24.6 Å². The maximum atomic E-state index is 13.5. The van der Waals surface area contributed by atoms with E-state index in [0.717, 1.165) is 29.1 Å². The van der Waals surface area contributed by atoms with Crippen molar-refractivity contribution in [3.63, 3.8) is 0 Å². The quantitative estimate of drug-likeness (QED) is 0.369. The van der Waals surface area contributed by atoms with Gasteiger partial charge in [0.25, 0.3) is 5.91 Å². The molecular weight excluding hydrogens is 552 g/mol. The minimum atomic E-state index is -1.29. The number of fused-ring (bicyclic) bond motifs is 1. The Morgan fingerprint density at radius 2 is 1.81 bits per heavy atom. The number of ketones is 1. The number of benzene rings is 1. The number of hydrogen-bond donors (Lipinski definition) is 2. The van der Waals surface area contributed by atoms with E-state index < -0.39 is 35.6 Å². The third-order valence-electron chi connectivity index (χ3n) is 9.07. The van der Waals surface area contributed by atoms with Crippen molar-refractivity contribution in [2.24, 2.45) is 17.3 Å². The first-order chi connectivity index (χ1) is 19.8. The molecule has 4 rings (SSSR count). The lowest BCUT2D eigenvalue weighted by atomic mass is 9.73. The summed E-state index contributed by atoms with van der Waals surface area (Å²) in [6.45, 7) is 10.6. The van der Waals surface area contributed by atoms with Gasteiger partial charge in [-0.15, -0.1) is 11.3 Å². The Labute approximate surface area is 252 Å². The standard InChI is InChI=1S/C33H44N2O6S/c1-19-11-10-14-25-26(35(25)32(40)23-12-8-7-9-13-23)16-27(20(2)15-24-18-42-22(4)34-24)41-29(37)17-28(36)33(5,6)31(39)21(3)30(19)38/h7-9,12-13,15,18-19,21,25-28,30,36,38H,10-11,14,16-17H2,1-6H3/b20-15+/t19-,21+,25?,26?,27-,28-,30-,35?/m0/s1. The lowest BCUT2D eigenvalue weighted by Crippen LogP contribution is -2.45. The second-order valence-corrected chi connectivity index (χ2v) is 13.7. The van der Waals surface area contributed by atoms with Gasteiger partial charge in [-0.3, -0.25) is 14.4 Å². The number of aryl methyl sites for hydroxylation is 1. The van der Waals surface area contributed by atoms with Gasteiger partial charge in [0.2, 0.25) is 0 Å². The van der Waals surface area contributed by atoms with Crippen LogP contribution < -0.4 is 0 Å². The second kappa shape index (κ2) is 13.2. The van der Waals surface area contributed by atoms with Crippen LogP contribution in [0, 0.1) is 24.2 Å². The van der Waals surface area contributed by atoms with Crippen molar-refractivity contribution in [2.45, 2.75) is 104 Å². The predicted octanol–water partition coefficient (Wildman–Crippen LogP) is 5.21. The van der Waals surface area contributed by atoms with E-state index >= 15 is 0 Å². The molecule has 8 nitrogen and oxygen atoms in total. The average molecular weight is 597 g/mol. The number of ether oxygens (including phenoxy) is 1. The van der Waals surface area contributed by atoms with Crippen molar-refractivity contribution in [1.29, 1.82) is 0 Å². The van der Waals surface area contributed by atoms with Gasteiger partial charge >= 0.3 is 5.97 Å². The van der Waals surface area contributed by atoms with E-state index in [0.29, 0.717) is 18.4 Å². The number of carbonyl (C=O) groups is 3. The number of hydrogen-bond acceptors (Lipinski definition) is 8. The molecule has 2 aliphatic rings. The van der Waals surface area contributed by atoms with Crippen LogP contribution in [0.3, 0.4) is 0 Å². The summed E-state index contributed by atoms with van der Waals surface area (Å²) in [5, 5.41) is 24.9. The Balaban J connectivity index is 1.65. The van der Waals surface area contributed by atoms with E-state index in [1.807, 2.05) is 55.3 Å². The van der Waals surface area contributed by atoms with Gasteiger partial charge < -0.3 is 19.8 Å². The largest absolute Gasteiger partial charge is 0.458 e. The summed E-state index contributed by atoms with van der Waals surface area (Å²) in [5.41, 5.74) is 0.921. The van der Waals surface area contributed by atoms with Crippen LogP contribution >= 0.6 is 11.3 Å². The highest BCUT2D eigenvalue weighted by atomic mass is 32.1. The van der Waals surface area contributed by atoms with Crippen LogP contribution in [0.5, 0.6) is 0 Å². The Morgan fingerprint density at radius 3 is 2.45 bits per heavy atom. The van der Waals surface area contributed by atoms with Crippen molar-refractivity contribution in [3.05, 3.63) is 57.6 Å². The summed E-state index contributed by atoms with van der Waals surface area (Å²) >= 11 is 1.53. The van der Waals surface area contributed by atoms with Gasteiger partial charge in [0, 0.05) is 23.3 Å².